The first-order valence-electron chi connectivity index (χ1n) is 8.13. The first-order chi connectivity index (χ1) is 12.1. The summed E-state index contributed by atoms with van der Waals surface area (Å²) in [6.07, 6.45) is 1.15. The molecule has 25 heavy (non-hydrogen) atoms. The van der Waals surface area contributed by atoms with Gasteiger partial charge < -0.3 is 4.90 Å². The summed E-state index contributed by atoms with van der Waals surface area (Å²) in [4.78, 5) is 18.3. The van der Waals surface area contributed by atoms with Crippen LogP contribution >= 0.6 is 11.3 Å². The Morgan fingerprint density at radius 1 is 1.16 bits per heavy atom. The molecule has 0 saturated carbocycles. The summed E-state index contributed by atoms with van der Waals surface area (Å²) in [7, 11) is 1.58. The van der Waals surface area contributed by atoms with E-state index in [-0.39, 0.29) is 18.0 Å². The lowest BCUT2D eigenvalue weighted by molar-refractivity contribution is -0.117. The normalized spacial score (nSPS) is 10.7. The van der Waals surface area contributed by atoms with Gasteiger partial charge in [0.15, 0.2) is 0 Å². The SMILES string of the molecule is CCc1ccc(-c2nc(CC(=O)N(C)c3ccccc3F)cs2)cc1. The monoisotopic (exact) mass is 354 g/mol. The van der Waals surface area contributed by atoms with Crippen LogP contribution in [0.2, 0.25) is 0 Å². The summed E-state index contributed by atoms with van der Waals surface area (Å²) < 4.78 is 13.8. The van der Waals surface area contributed by atoms with E-state index in [1.54, 1.807) is 25.2 Å². The van der Waals surface area contributed by atoms with Gasteiger partial charge in [-0.1, -0.05) is 43.3 Å². The molecule has 0 unspecified atom stereocenters. The van der Waals surface area contributed by atoms with Crippen molar-refractivity contribution in [1.82, 2.24) is 4.98 Å². The van der Waals surface area contributed by atoms with Crippen LogP contribution in [-0.2, 0) is 17.6 Å². The molecule has 0 N–H and O–H groups in total. The summed E-state index contributed by atoms with van der Waals surface area (Å²) in [5.41, 5.74) is 3.30. The van der Waals surface area contributed by atoms with Crippen LogP contribution in [0.1, 0.15) is 18.2 Å². The van der Waals surface area contributed by atoms with E-state index in [0.29, 0.717) is 5.69 Å². The van der Waals surface area contributed by atoms with Crippen LogP contribution in [0.15, 0.2) is 53.9 Å². The number of anilines is 1. The Labute approximate surface area is 150 Å². The highest BCUT2D eigenvalue weighted by atomic mass is 32.1. The van der Waals surface area contributed by atoms with Gasteiger partial charge in [0, 0.05) is 18.0 Å². The number of hydrogen-bond donors (Lipinski definition) is 0. The Morgan fingerprint density at radius 3 is 2.56 bits per heavy atom. The second-order valence-electron chi connectivity index (χ2n) is 5.78. The van der Waals surface area contributed by atoms with Crippen molar-refractivity contribution >= 4 is 22.9 Å². The fourth-order valence-corrected chi connectivity index (χ4v) is 3.36. The van der Waals surface area contributed by atoms with E-state index >= 15 is 0 Å². The predicted molar refractivity (Wildman–Crippen MR) is 100 cm³/mol. The number of aromatic nitrogens is 1. The Balaban J connectivity index is 1.72. The summed E-state index contributed by atoms with van der Waals surface area (Å²) in [5, 5.41) is 2.77. The third-order valence-corrected chi connectivity index (χ3v) is 5.02. The van der Waals surface area contributed by atoms with Gasteiger partial charge in [-0.3, -0.25) is 4.79 Å². The van der Waals surface area contributed by atoms with Gasteiger partial charge in [0.25, 0.3) is 0 Å². The molecule has 0 fully saturated rings. The Kier molecular flexibility index (Phi) is 5.24. The standard InChI is InChI=1S/C20H19FN2OS/c1-3-14-8-10-15(11-9-14)20-22-16(13-25-20)12-19(24)23(2)18-7-5-4-6-17(18)21/h4-11,13H,3,12H2,1-2H3. The van der Waals surface area contributed by atoms with E-state index < -0.39 is 5.82 Å². The van der Waals surface area contributed by atoms with E-state index in [4.69, 9.17) is 0 Å². The van der Waals surface area contributed by atoms with Gasteiger partial charge in [-0.05, 0) is 24.1 Å². The molecule has 1 amide bonds. The maximum absolute atomic E-state index is 13.8. The van der Waals surface area contributed by atoms with Crippen molar-refractivity contribution in [3.63, 3.8) is 0 Å². The lowest BCUT2D eigenvalue weighted by Gasteiger charge is -2.17. The van der Waals surface area contributed by atoms with Gasteiger partial charge in [-0.15, -0.1) is 11.3 Å². The van der Waals surface area contributed by atoms with Gasteiger partial charge in [0.2, 0.25) is 5.91 Å². The lowest BCUT2D eigenvalue weighted by atomic mass is 10.1. The Hall–Kier alpha value is -2.53. The number of amides is 1. The van der Waals surface area contributed by atoms with Gasteiger partial charge in [0.05, 0.1) is 17.8 Å². The second kappa shape index (κ2) is 7.57. The number of hydrogen-bond acceptors (Lipinski definition) is 3. The third kappa shape index (κ3) is 3.94. The number of nitrogens with zero attached hydrogens (tertiary/aromatic N) is 2. The van der Waals surface area contributed by atoms with Gasteiger partial charge >= 0.3 is 0 Å². The molecular formula is C20H19FN2OS. The minimum atomic E-state index is -0.409. The second-order valence-corrected chi connectivity index (χ2v) is 6.63. The van der Waals surface area contributed by atoms with Crippen molar-refractivity contribution < 1.29 is 9.18 Å². The lowest BCUT2D eigenvalue weighted by Crippen LogP contribution is -2.28. The molecule has 3 nitrogen and oxygen atoms in total. The molecule has 3 rings (SSSR count). The van der Waals surface area contributed by atoms with Crippen molar-refractivity contribution in [1.29, 1.82) is 0 Å². The number of benzene rings is 2. The van der Waals surface area contributed by atoms with Crippen LogP contribution in [0.25, 0.3) is 10.6 Å². The van der Waals surface area contributed by atoms with Crippen LogP contribution in [0.3, 0.4) is 0 Å². The number of aryl methyl sites for hydroxylation is 1. The Bertz CT molecular complexity index is 873. The number of para-hydroxylation sites is 1. The molecule has 2 aromatic carbocycles. The minimum absolute atomic E-state index is 0.147. The van der Waals surface area contributed by atoms with Crippen molar-refractivity contribution in [2.45, 2.75) is 19.8 Å². The predicted octanol–water partition coefficient (Wildman–Crippen LogP) is 4.72. The Morgan fingerprint density at radius 2 is 1.88 bits per heavy atom. The molecule has 0 aliphatic rings. The van der Waals surface area contributed by atoms with Crippen LogP contribution in [0, 0.1) is 5.82 Å². The molecule has 0 spiro atoms. The molecule has 3 aromatic rings. The minimum Gasteiger partial charge on any atom is -0.312 e. The molecule has 128 valence electrons. The van der Waals surface area contributed by atoms with Gasteiger partial charge in [-0.25, -0.2) is 9.37 Å². The number of thiazole rings is 1. The van der Waals surface area contributed by atoms with Crippen LogP contribution in [0.4, 0.5) is 10.1 Å². The smallest absolute Gasteiger partial charge is 0.232 e. The quantitative estimate of drug-likeness (QED) is 0.664. The van der Waals surface area contributed by atoms with Crippen molar-refractivity contribution in [3.05, 3.63) is 71.0 Å². The number of carbonyl (C=O) groups is 1. The molecule has 1 heterocycles. The highest BCUT2D eigenvalue weighted by molar-refractivity contribution is 7.13. The molecule has 0 bridgehead atoms. The molecule has 0 saturated heterocycles. The number of rotatable bonds is 5. The van der Waals surface area contributed by atoms with E-state index in [1.165, 1.54) is 27.9 Å². The summed E-state index contributed by atoms with van der Waals surface area (Å²) >= 11 is 1.51. The van der Waals surface area contributed by atoms with E-state index in [1.807, 2.05) is 5.38 Å². The number of carbonyl (C=O) groups excluding carboxylic acids is 1. The molecular weight excluding hydrogens is 335 g/mol. The van der Waals surface area contributed by atoms with Crippen LogP contribution in [-0.4, -0.2) is 17.9 Å². The first-order valence-corrected chi connectivity index (χ1v) is 9.01. The largest absolute Gasteiger partial charge is 0.312 e. The van der Waals surface area contributed by atoms with Crippen molar-refractivity contribution in [2.24, 2.45) is 0 Å². The van der Waals surface area contributed by atoms with E-state index in [0.717, 1.165) is 17.0 Å². The van der Waals surface area contributed by atoms with Crippen LogP contribution in [0.5, 0.6) is 0 Å². The summed E-state index contributed by atoms with van der Waals surface area (Å²) in [6, 6.07) is 14.5. The maximum Gasteiger partial charge on any atom is 0.232 e. The molecule has 0 aliphatic carbocycles. The number of likely N-dealkylation sites (N-methyl/N-ethyl adjacent to an activating group) is 1. The summed E-state index contributed by atoms with van der Waals surface area (Å²) in [6.45, 7) is 2.12. The zero-order valence-corrected chi connectivity index (χ0v) is 15.0. The van der Waals surface area contributed by atoms with Crippen molar-refractivity contribution in [2.75, 3.05) is 11.9 Å². The first kappa shape index (κ1) is 17.3. The zero-order chi connectivity index (χ0) is 17.8. The maximum atomic E-state index is 13.8. The fraction of sp³-hybridized carbons (Fsp3) is 0.200. The van der Waals surface area contributed by atoms with E-state index in [2.05, 4.69) is 36.2 Å². The highest BCUT2D eigenvalue weighted by Gasteiger charge is 2.16. The number of halogens is 1. The average molecular weight is 354 g/mol. The molecule has 5 heteroatoms. The molecule has 1 aromatic heterocycles. The third-order valence-electron chi connectivity index (χ3n) is 4.08. The fourth-order valence-electron chi connectivity index (χ4n) is 2.54. The molecule has 0 radical (unpaired) electrons. The van der Waals surface area contributed by atoms with Crippen molar-refractivity contribution in [3.8, 4) is 10.6 Å². The zero-order valence-electron chi connectivity index (χ0n) is 14.2. The average Bonchev–Trinajstić information content (AvgIpc) is 3.10. The molecule has 0 aliphatic heterocycles. The summed E-state index contributed by atoms with van der Waals surface area (Å²) in [5.74, 6) is -0.600. The topological polar surface area (TPSA) is 33.2 Å². The van der Waals surface area contributed by atoms with E-state index in [9.17, 15) is 9.18 Å². The van der Waals surface area contributed by atoms with Crippen LogP contribution < -0.4 is 4.90 Å². The van der Waals surface area contributed by atoms with Gasteiger partial charge in [0.1, 0.15) is 10.8 Å². The highest BCUT2D eigenvalue weighted by Crippen LogP contribution is 2.25. The van der Waals surface area contributed by atoms with Gasteiger partial charge in [-0.2, -0.15) is 0 Å². The molecule has 0 atom stereocenters.